The summed E-state index contributed by atoms with van der Waals surface area (Å²) in [5, 5.41) is 0. The molecule has 5 heteroatoms. The number of hydrogen-bond acceptors (Lipinski definition) is 2. The molecule has 20 heavy (non-hydrogen) atoms. The lowest BCUT2D eigenvalue weighted by molar-refractivity contribution is -0.645. The lowest BCUT2D eigenvalue weighted by Gasteiger charge is -1.94. The first-order chi connectivity index (χ1) is 11.1. The van der Waals surface area contributed by atoms with E-state index >= 15 is 0 Å². The van der Waals surface area contributed by atoms with Crippen LogP contribution in [0.4, 0.5) is 0 Å². The molecule has 0 amide bonds. The number of aromatic nitrogens is 5. The molecule has 0 radical (unpaired) electrons. The van der Waals surface area contributed by atoms with Crippen LogP contribution in [0, 0.1) is 0 Å². The minimum Gasteiger partial charge on any atom is -0.300 e. The van der Waals surface area contributed by atoms with E-state index < -0.39 is 6.98 Å². The van der Waals surface area contributed by atoms with Crippen LogP contribution in [-0.2, 0) is 13.5 Å². The van der Waals surface area contributed by atoms with Crippen molar-refractivity contribution in [2.24, 2.45) is 6.98 Å². The molecule has 0 atom stereocenters. The third-order valence-electron chi connectivity index (χ3n) is 3.95. The summed E-state index contributed by atoms with van der Waals surface area (Å²) < 4.78 is 29.3. The molecule has 0 aliphatic carbocycles. The summed E-state index contributed by atoms with van der Waals surface area (Å²) in [5.41, 5.74) is 4.20. The fraction of sp³-hybridized carbons (Fsp3) is 0.133. The Labute approximate surface area is 119 Å². The van der Waals surface area contributed by atoms with E-state index in [0.717, 1.165) is 22.3 Å². The van der Waals surface area contributed by atoms with Gasteiger partial charge < -0.3 is 4.40 Å². The first-order valence-electron chi connectivity index (χ1n) is 7.89. The second-order valence-electron chi connectivity index (χ2n) is 4.99. The van der Waals surface area contributed by atoms with E-state index in [1.54, 1.807) is 18.6 Å². The molecule has 0 saturated heterocycles. The molecule has 1 aliphatic heterocycles. The van der Waals surface area contributed by atoms with E-state index in [1.165, 1.54) is 4.57 Å². The van der Waals surface area contributed by atoms with E-state index in [1.807, 2.05) is 33.5 Å². The van der Waals surface area contributed by atoms with Gasteiger partial charge in [-0.3, -0.25) is 4.98 Å². The molecule has 5 rings (SSSR count). The summed E-state index contributed by atoms with van der Waals surface area (Å²) in [7, 11) is 0. The molecule has 0 aromatic carbocycles. The molecule has 5 heterocycles. The number of imidazole rings is 1. The molecule has 0 bridgehead atoms. The quantitative estimate of drug-likeness (QED) is 0.398. The number of fused-ring (bicyclic) bond motifs is 7. The highest BCUT2D eigenvalue weighted by atomic mass is 15.2. The van der Waals surface area contributed by atoms with Gasteiger partial charge in [-0.05, 0) is 12.1 Å². The topological polar surface area (TPSA) is 39.0 Å². The first kappa shape index (κ1) is 7.79. The monoisotopic (exact) mass is 265 g/mol. The van der Waals surface area contributed by atoms with Crippen molar-refractivity contribution in [3.8, 4) is 11.4 Å². The largest absolute Gasteiger partial charge is 0.300 e. The zero-order chi connectivity index (χ0) is 15.8. The van der Waals surface area contributed by atoms with Crippen LogP contribution in [0.3, 0.4) is 0 Å². The van der Waals surface area contributed by atoms with Gasteiger partial charge >= 0.3 is 0 Å². The third-order valence-corrected chi connectivity index (χ3v) is 3.95. The molecule has 5 nitrogen and oxygen atoms in total. The van der Waals surface area contributed by atoms with Crippen LogP contribution in [0.25, 0.3) is 28.1 Å². The average Bonchev–Trinajstić information content (AvgIpc) is 3.12. The Bertz CT molecular complexity index is 1090. The van der Waals surface area contributed by atoms with Gasteiger partial charge in [-0.1, -0.05) is 0 Å². The maximum atomic E-state index is 7.99. The normalized spacial score (nSPS) is 15.9. The third kappa shape index (κ3) is 1.02. The zero-order valence-corrected chi connectivity index (χ0v) is 10.5. The smallest absolute Gasteiger partial charge is 0.292 e. The maximum Gasteiger partial charge on any atom is 0.292 e. The molecule has 0 spiro atoms. The van der Waals surface area contributed by atoms with Crippen molar-refractivity contribution >= 4 is 16.7 Å². The van der Waals surface area contributed by atoms with Crippen LogP contribution >= 0.6 is 0 Å². The molecule has 96 valence electrons. The summed E-state index contributed by atoms with van der Waals surface area (Å²) in [6.45, 7) is -1.65. The molecular weight excluding hydrogens is 250 g/mol. The lowest BCUT2D eigenvalue weighted by atomic mass is 10.2. The molecular formula is C15H12N5+. The van der Waals surface area contributed by atoms with Gasteiger partial charge in [0.05, 0.1) is 22.8 Å². The maximum absolute atomic E-state index is 7.99. The summed E-state index contributed by atoms with van der Waals surface area (Å²) in [4.78, 5) is 8.60. The molecule has 4 aromatic heterocycles. The molecule has 0 fully saturated rings. The van der Waals surface area contributed by atoms with E-state index in [2.05, 4.69) is 9.97 Å². The molecule has 4 aromatic rings. The van der Waals surface area contributed by atoms with Crippen LogP contribution in [0.1, 0.15) is 9.68 Å². The van der Waals surface area contributed by atoms with Gasteiger partial charge in [0.1, 0.15) is 6.54 Å². The molecule has 0 saturated carbocycles. The first-order valence-corrected chi connectivity index (χ1v) is 6.39. The van der Waals surface area contributed by atoms with Crippen molar-refractivity contribution in [3.05, 3.63) is 48.7 Å². The second-order valence-corrected chi connectivity index (χ2v) is 4.99. The number of hydrogen-bond donors (Lipinski definition) is 0. The molecule has 0 unspecified atom stereocenters. The highest BCUT2D eigenvalue weighted by Gasteiger charge is 2.34. The minimum atomic E-state index is -2.28. The summed E-state index contributed by atoms with van der Waals surface area (Å²) >= 11 is 0. The fourth-order valence-electron chi connectivity index (χ4n) is 3.09. The number of rotatable bonds is 0. The van der Waals surface area contributed by atoms with Crippen molar-refractivity contribution in [2.75, 3.05) is 0 Å². The van der Waals surface area contributed by atoms with Crippen molar-refractivity contribution in [1.82, 2.24) is 18.9 Å². The Morgan fingerprint density at radius 2 is 2.40 bits per heavy atom. The Balaban J connectivity index is 2.01. The lowest BCUT2D eigenvalue weighted by Crippen LogP contribution is -2.31. The Morgan fingerprint density at radius 1 is 1.40 bits per heavy atom. The second kappa shape index (κ2) is 3.25. The molecule has 1 aliphatic rings. The summed E-state index contributed by atoms with van der Waals surface area (Å²) in [6, 6.07) is 3.76. The van der Waals surface area contributed by atoms with Gasteiger partial charge in [-0.2, -0.15) is 0 Å². The van der Waals surface area contributed by atoms with E-state index in [4.69, 9.17) is 4.11 Å². The molecule has 0 N–H and O–H groups in total. The van der Waals surface area contributed by atoms with Crippen molar-refractivity contribution in [2.45, 2.75) is 6.54 Å². The van der Waals surface area contributed by atoms with Gasteiger partial charge in [0, 0.05) is 30.4 Å². The minimum absolute atomic E-state index is 0.628. The Morgan fingerprint density at radius 3 is 3.35 bits per heavy atom. The van der Waals surface area contributed by atoms with E-state index in [-0.39, 0.29) is 0 Å². The van der Waals surface area contributed by atoms with Crippen LogP contribution in [0.15, 0.2) is 43.1 Å². The number of aryl methyl sites for hydroxylation is 1. The Hall–Kier alpha value is -2.69. The predicted molar refractivity (Wildman–Crippen MR) is 74.2 cm³/mol. The van der Waals surface area contributed by atoms with Crippen molar-refractivity contribution in [1.29, 1.82) is 0 Å². The van der Waals surface area contributed by atoms with E-state index in [9.17, 15) is 0 Å². The zero-order valence-electron chi connectivity index (χ0n) is 13.5. The number of pyridine rings is 1. The van der Waals surface area contributed by atoms with Crippen LogP contribution in [0.5, 0.6) is 0 Å². The SMILES string of the molecule is [2H]C([2H])([2H])n1c2[n+](c3c1cn1cccnc31)Cc1ccncc1-2. The van der Waals surface area contributed by atoms with Gasteiger partial charge in [0.15, 0.2) is 11.2 Å². The fourth-order valence-corrected chi connectivity index (χ4v) is 3.09. The van der Waals surface area contributed by atoms with Crippen LogP contribution < -0.4 is 4.57 Å². The van der Waals surface area contributed by atoms with Gasteiger partial charge in [0.25, 0.3) is 5.82 Å². The average molecular weight is 265 g/mol. The van der Waals surface area contributed by atoms with Crippen molar-refractivity contribution in [3.63, 3.8) is 0 Å². The Kier molecular flexibility index (Phi) is 1.27. The van der Waals surface area contributed by atoms with Crippen molar-refractivity contribution < 1.29 is 8.68 Å². The van der Waals surface area contributed by atoms with Crippen LogP contribution in [0.2, 0.25) is 0 Å². The highest BCUT2D eigenvalue weighted by molar-refractivity contribution is 5.89. The summed E-state index contributed by atoms with van der Waals surface area (Å²) in [6.07, 6.45) is 8.89. The van der Waals surface area contributed by atoms with Gasteiger partial charge in [0.2, 0.25) is 5.52 Å². The number of nitrogens with zero attached hydrogens (tertiary/aromatic N) is 5. The summed E-state index contributed by atoms with van der Waals surface area (Å²) in [5.74, 6) is 0.672. The van der Waals surface area contributed by atoms with Crippen LogP contribution in [-0.4, -0.2) is 18.9 Å². The highest BCUT2D eigenvalue weighted by Crippen LogP contribution is 2.31. The standard InChI is InChI=1S/C15H12N5/c1-18-12-9-19-6-2-4-17-14(19)13(12)20-8-10-3-5-16-7-11(10)15(18)20/h2-7,9H,8H2,1H3/q+1/i1D3. The predicted octanol–water partition coefficient (Wildman–Crippen LogP) is 1.54. The van der Waals surface area contributed by atoms with Gasteiger partial charge in [-0.25, -0.2) is 14.1 Å². The van der Waals surface area contributed by atoms with Gasteiger partial charge in [-0.15, -0.1) is 0 Å². The van der Waals surface area contributed by atoms with E-state index in [0.29, 0.717) is 17.9 Å².